The van der Waals surface area contributed by atoms with Crippen LogP contribution in [-0.4, -0.2) is 29.9 Å². The van der Waals surface area contributed by atoms with E-state index in [0.29, 0.717) is 30.3 Å². The first-order valence-electron chi connectivity index (χ1n) is 9.37. The Hall–Kier alpha value is -2.93. The number of fused-ring (bicyclic) bond motifs is 2. The quantitative estimate of drug-likeness (QED) is 0.701. The van der Waals surface area contributed by atoms with Gasteiger partial charge in [0.2, 0.25) is 5.91 Å². The Kier molecular flexibility index (Phi) is 5.00. The van der Waals surface area contributed by atoms with Gasteiger partial charge >= 0.3 is 0 Å². The molecule has 0 atom stereocenters. The monoisotopic (exact) mass is 395 g/mol. The standard InChI is InChI=1S/C21H21N3O3S/c1-3-19(25)24-10-9-13-11-14(5-8-17(13)24)20(26)23-21-22-16-7-6-15(27-4-2)12-18(16)28-21/h5-8,11-12H,3-4,9-10H2,1-2H3,(H,22,23,26). The Morgan fingerprint density at radius 3 is 2.86 bits per heavy atom. The van der Waals surface area contributed by atoms with Crippen molar-refractivity contribution >= 4 is 44.2 Å². The molecule has 0 spiro atoms. The molecule has 6 nitrogen and oxygen atoms in total. The Morgan fingerprint density at radius 1 is 1.21 bits per heavy atom. The molecule has 3 aromatic rings. The van der Waals surface area contributed by atoms with Crippen molar-refractivity contribution in [3.63, 3.8) is 0 Å². The highest BCUT2D eigenvalue weighted by molar-refractivity contribution is 7.22. The number of amides is 2. The second-order valence-electron chi connectivity index (χ2n) is 6.53. The lowest BCUT2D eigenvalue weighted by molar-refractivity contribution is -0.118. The van der Waals surface area contributed by atoms with Crippen molar-refractivity contribution in [2.75, 3.05) is 23.4 Å². The van der Waals surface area contributed by atoms with E-state index in [0.717, 1.165) is 33.6 Å². The van der Waals surface area contributed by atoms with Crippen molar-refractivity contribution < 1.29 is 14.3 Å². The van der Waals surface area contributed by atoms with Gasteiger partial charge in [0.1, 0.15) is 5.75 Å². The van der Waals surface area contributed by atoms with Crippen LogP contribution in [0.4, 0.5) is 10.8 Å². The van der Waals surface area contributed by atoms with E-state index in [-0.39, 0.29) is 11.8 Å². The van der Waals surface area contributed by atoms with Crippen molar-refractivity contribution in [1.29, 1.82) is 0 Å². The van der Waals surface area contributed by atoms with Crippen LogP contribution in [0.3, 0.4) is 0 Å². The SMILES string of the molecule is CCOc1ccc2nc(NC(=O)c3ccc4c(c3)CCN4C(=O)CC)sc2c1. The van der Waals surface area contributed by atoms with Gasteiger partial charge < -0.3 is 9.64 Å². The normalized spacial score (nSPS) is 12.9. The number of carbonyl (C=O) groups excluding carboxylic acids is 2. The summed E-state index contributed by atoms with van der Waals surface area (Å²) in [5.41, 5.74) is 3.33. The van der Waals surface area contributed by atoms with Crippen molar-refractivity contribution in [1.82, 2.24) is 4.98 Å². The minimum absolute atomic E-state index is 0.108. The van der Waals surface area contributed by atoms with Gasteiger partial charge in [0.25, 0.3) is 5.91 Å². The molecule has 0 saturated heterocycles. The van der Waals surface area contributed by atoms with Crippen molar-refractivity contribution in [3.8, 4) is 5.75 Å². The Bertz CT molecular complexity index is 1060. The highest BCUT2D eigenvalue weighted by atomic mass is 32.1. The third-order valence-corrected chi connectivity index (χ3v) is 5.67. The smallest absolute Gasteiger partial charge is 0.257 e. The molecular formula is C21H21N3O3S. The molecule has 1 aliphatic rings. The fourth-order valence-corrected chi connectivity index (χ4v) is 4.27. The van der Waals surface area contributed by atoms with Gasteiger partial charge in [-0.25, -0.2) is 4.98 Å². The number of benzene rings is 2. The van der Waals surface area contributed by atoms with E-state index in [1.807, 2.05) is 44.2 Å². The third-order valence-electron chi connectivity index (χ3n) is 4.73. The van der Waals surface area contributed by atoms with Crippen molar-refractivity contribution in [2.45, 2.75) is 26.7 Å². The second kappa shape index (κ2) is 7.59. The van der Waals surface area contributed by atoms with Crippen LogP contribution in [-0.2, 0) is 11.2 Å². The Labute approximate surface area is 167 Å². The molecule has 0 radical (unpaired) electrons. The number of hydrogen-bond acceptors (Lipinski definition) is 5. The molecule has 144 valence electrons. The lowest BCUT2D eigenvalue weighted by Crippen LogP contribution is -2.27. The number of thiazole rings is 1. The number of ether oxygens (including phenoxy) is 1. The zero-order valence-corrected chi connectivity index (χ0v) is 16.6. The summed E-state index contributed by atoms with van der Waals surface area (Å²) < 4.78 is 6.48. The maximum Gasteiger partial charge on any atom is 0.257 e. The van der Waals surface area contributed by atoms with E-state index in [1.54, 1.807) is 11.0 Å². The van der Waals surface area contributed by atoms with Crippen LogP contribution in [0.25, 0.3) is 10.2 Å². The average molecular weight is 395 g/mol. The zero-order valence-electron chi connectivity index (χ0n) is 15.8. The second-order valence-corrected chi connectivity index (χ2v) is 7.56. The largest absolute Gasteiger partial charge is 0.494 e. The molecule has 0 bridgehead atoms. The summed E-state index contributed by atoms with van der Waals surface area (Å²) in [4.78, 5) is 31.0. The molecule has 2 aromatic carbocycles. The highest BCUT2D eigenvalue weighted by Crippen LogP contribution is 2.31. The lowest BCUT2D eigenvalue weighted by Gasteiger charge is -2.16. The number of rotatable bonds is 5. The molecule has 2 amide bonds. The molecule has 2 heterocycles. The molecule has 4 rings (SSSR count). The first-order chi connectivity index (χ1) is 13.6. The topological polar surface area (TPSA) is 71.5 Å². The summed E-state index contributed by atoms with van der Waals surface area (Å²) >= 11 is 1.42. The summed E-state index contributed by atoms with van der Waals surface area (Å²) in [7, 11) is 0. The molecule has 0 saturated carbocycles. The van der Waals surface area contributed by atoms with E-state index in [4.69, 9.17) is 4.74 Å². The molecule has 28 heavy (non-hydrogen) atoms. The van der Waals surface area contributed by atoms with E-state index >= 15 is 0 Å². The Morgan fingerprint density at radius 2 is 2.07 bits per heavy atom. The predicted molar refractivity (Wildman–Crippen MR) is 112 cm³/mol. The molecular weight excluding hydrogens is 374 g/mol. The first-order valence-corrected chi connectivity index (χ1v) is 10.2. The van der Waals surface area contributed by atoms with Crippen LogP contribution >= 0.6 is 11.3 Å². The van der Waals surface area contributed by atoms with Crippen molar-refractivity contribution in [2.24, 2.45) is 0 Å². The fourth-order valence-electron chi connectivity index (χ4n) is 3.38. The first kappa shape index (κ1) is 18.4. The van der Waals surface area contributed by atoms with Crippen LogP contribution < -0.4 is 15.0 Å². The van der Waals surface area contributed by atoms with Crippen LogP contribution in [0, 0.1) is 0 Å². The summed E-state index contributed by atoms with van der Waals surface area (Å²) in [6.45, 7) is 5.08. The number of hydrogen-bond donors (Lipinski definition) is 1. The van der Waals surface area contributed by atoms with Gasteiger partial charge in [-0.1, -0.05) is 18.3 Å². The lowest BCUT2D eigenvalue weighted by atomic mass is 10.1. The number of aromatic nitrogens is 1. The highest BCUT2D eigenvalue weighted by Gasteiger charge is 2.24. The predicted octanol–water partition coefficient (Wildman–Crippen LogP) is 4.25. The number of carbonyl (C=O) groups is 2. The van der Waals surface area contributed by atoms with Gasteiger partial charge in [-0.3, -0.25) is 14.9 Å². The van der Waals surface area contributed by atoms with Crippen LogP contribution in [0.15, 0.2) is 36.4 Å². The van der Waals surface area contributed by atoms with Crippen LogP contribution in [0.1, 0.15) is 36.2 Å². The van der Waals surface area contributed by atoms with Gasteiger partial charge in [0.05, 0.1) is 16.8 Å². The number of nitrogens with one attached hydrogen (secondary N) is 1. The molecule has 1 aromatic heterocycles. The average Bonchev–Trinajstić information content (AvgIpc) is 3.30. The minimum atomic E-state index is -0.202. The van der Waals surface area contributed by atoms with Gasteiger partial charge in [-0.15, -0.1) is 0 Å². The third kappa shape index (κ3) is 3.45. The summed E-state index contributed by atoms with van der Waals surface area (Å²) in [6.07, 6.45) is 1.24. The van der Waals surface area contributed by atoms with E-state index < -0.39 is 0 Å². The van der Waals surface area contributed by atoms with Crippen LogP contribution in [0.2, 0.25) is 0 Å². The molecule has 7 heteroatoms. The molecule has 1 N–H and O–H groups in total. The fraction of sp³-hybridized carbons (Fsp3) is 0.286. The maximum absolute atomic E-state index is 12.7. The molecule has 0 fully saturated rings. The van der Waals surface area contributed by atoms with Gasteiger partial charge in [-0.05, 0) is 55.3 Å². The van der Waals surface area contributed by atoms with Gasteiger partial charge in [0, 0.05) is 24.2 Å². The summed E-state index contributed by atoms with van der Waals surface area (Å²) in [5.74, 6) is 0.699. The van der Waals surface area contributed by atoms with Crippen molar-refractivity contribution in [3.05, 3.63) is 47.5 Å². The summed E-state index contributed by atoms with van der Waals surface area (Å²) in [6, 6.07) is 11.2. The van der Waals surface area contributed by atoms with Gasteiger partial charge in [0.15, 0.2) is 5.13 Å². The van der Waals surface area contributed by atoms with Crippen LogP contribution in [0.5, 0.6) is 5.75 Å². The summed E-state index contributed by atoms with van der Waals surface area (Å²) in [5, 5.41) is 3.44. The number of anilines is 2. The molecule has 1 aliphatic heterocycles. The van der Waals surface area contributed by atoms with Gasteiger partial charge in [-0.2, -0.15) is 0 Å². The minimum Gasteiger partial charge on any atom is -0.494 e. The molecule has 0 unspecified atom stereocenters. The van der Waals surface area contributed by atoms with E-state index in [9.17, 15) is 9.59 Å². The maximum atomic E-state index is 12.7. The molecule has 0 aliphatic carbocycles. The number of nitrogens with zero attached hydrogens (tertiary/aromatic N) is 2. The van der Waals surface area contributed by atoms with E-state index in [2.05, 4.69) is 10.3 Å². The van der Waals surface area contributed by atoms with E-state index in [1.165, 1.54) is 11.3 Å². The zero-order chi connectivity index (χ0) is 19.7. The Balaban J connectivity index is 1.53.